The highest BCUT2D eigenvalue weighted by Crippen LogP contribution is 2.25. The molecule has 0 bridgehead atoms. The molecule has 1 aliphatic rings. The van der Waals surface area contributed by atoms with Crippen LogP contribution < -0.4 is 10.6 Å². The average Bonchev–Trinajstić information content (AvgIpc) is 2.96. The van der Waals surface area contributed by atoms with Crippen molar-refractivity contribution < 1.29 is 9.13 Å². The van der Waals surface area contributed by atoms with Crippen LogP contribution in [0.2, 0.25) is 5.02 Å². The molecule has 1 N–H and O–H groups in total. The van der Waals surface area contributed by atoms with Gasteiger partial charge in [-0.1, -0.05) is 11.6 Å². The van der Waals surface area contributed by atoms with Gasteiger partial charge in [-0.05, 0) is 36.4 Å². The molecule has 1 fully saturated rings. The predicted octanol–water partition coefficient (Wildman–Crippen LogP) is 2.95. The van der Waals surface area contributed by atoms with E-state index in [1.165, 1.54) is 10.6 Å². The summed E-state index contributed by atoms with van der Waals surface area (Å²) >= 11 is 5.86. The molecule has 4 rings (SSSR count). The molecule has 7 heteroatoms. The molecule has 2 aromatic carbocycles. The first-order chi connectivity index (χ1) is 11.6. The van der Waals surface area contributed by atoms with Crippen molar-refractivity contribution in [3.05, 3.63) is 57.7 Å². The third kappa shape index (κ3) is 2.48. The minimum atomic E-state index is -0.607. The van der Waals surface area contributed by atoms with Gasteiger partial charge in [-0.3, -0.25) is 4.57 Å². The van der Waals surface area contributed by atoms with Gasteiger partial charge in [-0.2, -0.15) is 0 Å². The van der Waals surface area contributed by atoms with E-state index in [9.17, 15) is 9.18 Å². The standard InChI is InChI=1S/C17H15ClFN3O2/c18-13-5-6-14-16(15(13)19)22(17(23)20-14)12-3-1-11(2-4-12)21-7-9-24-10-8-21/h1-6H,7-10H2,(H,20,23). The number of aromatic nitrogens is 2. The number of fused-ring (bicyclic) bond motifs is 1. The van der Waals surface area contributed by atoms with E-state index in [1.54, 1.807) is 18.2 Å². The van der Waals surface area contributed by atoms with Crippen molar-refractivity contribution in [3.8, 4) is 5.69 Å². The highest BCUT2D eigenvalue weighted by atomic mass is 35.5. The number of benzene rings is 2. The minimum absolute atomic E-state index is 0.0137. The number of morpholine rings is 1. The molecular weight excluding hydrogens is 333 g/mol. The summed E-state index contributed by atoms with van der Waals surface area (Å²) in [6.07, 6.45) is 0. The van der Waals surface area contributed by atoms with E-state index in [0.29, 0.717) is 24.4 Å². The van der Waals surface area contributed by atoms with Gasteiger partial charge in [-0.25, -0.2) is 9.18 Å². The van der Waals surface area contributed by atoms with Crippen LogP contribution in [-0.4, -0.2) is 35.9 Å². The Morgan fingerprint density at radius 1 is 1.04 bits per heavy atom. The fourth-order valence-electron chi connectivity index (χ4n) is 3.01. The maximum atomic E-state index is 14.4. The Morgan fingerprint density at radius 3 is 2.42 bits per heavy atom. The van der Waals surface area contributed by atoms with Crippen LogP contribution in [0.1, 0.15) is 0 Å². The maximum absolute atomic E-state index is 14.4. The van der Waals surface area contributed by atoms with E-state index in [-0.39, 0.29) is 10.5 Å². The normalized spacial score (nSPS) is 15.2. The molecule has 5 nitrogen and oxygen atoms in total. The number of H-pyrrole nitrogens is 1. The molecule has 0 aliphatic carbocycles. The fourth-order valence-corrected chi connectivity index (χ4v) is 3.16. The molecule has 0 saturated carbocycles. The Kier molecular flexibility index (Phi) is 3.78. The largest absolute Gasteiger partial charge is 0.378 e. The van der Waals surface area contributed by atoms with Crippen LogP contribution in [0, 0.1) is 5.82 Å². The number of aromatic amines is 1. The van der Waals surface area contributed by atoms with Crippen molar-refractivity contribution in [2.24, 2.45) is 0 Å². The third-order valence-corrected chi connectivity index (χ3v) is 4.51. The summed E-state index contributed by atoms with van der Waals surface area (Å²) in [5.74, 6) is -0.607. The van der Waals surface area contributed by atoms with Crippen molar-refractivity contribution in [2.75, 3.05) is 31.2 Å². The van der Waals surface area contributed by atoms with E-state index in [2.05, 4.69) is 9.88 Å². The number of anilines is 1. The van der Waals surface area contributed by atoms with Gasteiger partial charge < -0.3 is 14.6 Å². The number of ether oxygens (including phenoxy) is 1. The van der Waals surface area contributed by atoms with Crippen LogP contribution in [-0.2, 0) is 4.74 Å². The van der Waals surface area contributed by atoms with Crippen LogP contribution in [0.5, 0.6) is 0 Å². The smallest absolute Gasteiger partial charge is 0.331 e. The maximum Gasteiger partial charge on any atom is 0.331 e. The molecule has 0 amide bonds. The minimum Gasteiger partial charge on any atom is -0.378 e. The topological polar surface area (TPSA) is 50.3 Å². The number of imidazole rings is 1. The highest BCUT2D eigenvalue weighted by molar-refractivity contribution is 6.31. The highest BCUT2D eigenvalue weighted by Gasteiger charge is 2.16. The zero-order chi connectivity index (χ0) is 16.7. The van der Waals surface area contributed by atoms with E-state index in [0.717, 1.165) is 18.8 Å². The van der Waals surface area contributed by atoms with Crippen molar-refractivity contribution >= 4 is 28.3 Å². The lowest BCUT2D eigenvalue weighted by molar-refractivity contribution is 0.122. The number of hydrogen-bond acceptors (Lipinski definition) is 3. The summed E-state index contributed by atoms with van der Waals surface area (Å²) in [6, 6.07) is 10.5. The van der Waals surface area contributed by atoms with Crippen LogP contribution in [0.3, 0.4) is 0 Å². The van der Waals surface area contributed by atoms with Gasteiger partial charge in [0.25, 0.3) is 0 Å². The lowest BCUT2D eigenvalue weighted by Crippen LogP contribution is -2.36. The third-order valence-electron chi connectivity index (χ3n) is 4.22. The Balaban J connectivity index is 1.79. The molecule has 1 aliphatic heterocycles. The molecule has 24 heavy (non-hydrogen) atoms. The Morgan fingerprint density at radius 2 is 1.71 bits per heavy atom. The first kappa shape index (κ1) is 15.2. The van der Waals surface area contributed by atoms with E-state index >= 15 is 0 Å². The summed E-state index contributed by atoms with van der Waals surface area (Å²) in [4.78, 5) is 17.1. The van der Waals surface area contributed by atoms with Crippen molar-refractivity contribution in [2.45, 2.75) is 0 Å². The van der Waals surface area contributed by atoms with Crippen LogP contribution >= 0.6 is 11.6 Å². The molecule has 2 heterocycles. The number of hydrogen-bond donors (Lipinski definition) is 1. The molecular formula is C17H15ClFN3O2. The van der Waals surface area contributed by atoms with Crippen molar-refractivity contribution in [1.29, 1.82) is 0 Å². The van der Waals surface area contributed by atoms with Gasteiger partial charge in [-0.15, -0.1) is 0 Å². The number of nitrogens with one attached hydrogen (secondary N) is 1. The van der Waals surface area contributed by atoms with Gasteiger partial charge in [0.1, 0.15) is 5.52 Å². The molecule has 0 unspecified atom stereocenters. The lowest BCUT2D eigenvalue weighted by atomic mass is 10.2. The summed E-state index contributed by atoms with van der Waals surface area (Å²) in [7, 11) is 0. The second kappa shape index (κ2) is 5.96. The van der Waals surface area contributed by atoms with Crippen LogP contribution in [0.25, 0.3) is 16.7 Å². The van der Waals surface area contributed by atoms with Gasteiger partial charge in [0.15, 0.2) is 5.82 Å². The fraction of sp³-hybridized carbons (Fsp3) is 0.235. The molecule has 3 aromatic rings. The monoisotopic (exact) mass is 347 g/mol. The Labute approximate surface area is 142 Å². The summed E-state index contributed by atoms with van der Waals surface area (Å²) in [5.41, 5.74) is 1.81. The van der Waals surface area contributed by atoms with Crippen LogP contribution in [0.4, 0.5) is 10.1 Å². The second-order valence-electron chi connectivity index (χ2n) is 5.64. The zero-order valence-electron chi connectivity index (χ0n) is 12.8. The van der Waals surface area contributed by atoms with Crippen molar-refractivity contribution in [1.82, 2.24) is 9.55 Å². The molecule has 0 spiro atoms. The summed E-state index contributed by atoms with van der Waals surface area (Å²) in [6.45, 7) is 3.06. The van der Waals surface area contributed by atoms with Gasteiger partial charge in [0, 0.05) is 18.8 Å². The molecule has 0 atom stereocenters. The van der Waals surface area contributed by atoms with E-state index in [4.69, 9.17) is 16.3 Å². The predicted molar refractivity (Wildman–Crippen MR) is 91.9 cm³/mol. The van der Waals surface area contributed by atoms with Gasteiger partial charge in [0.2, 0.25) is 0 Å². The SMILES string of the molecule is O=c1[nH]c2ccc(Cl)c(F)c2n1-c1ccc(N2CCOCC2)cc1. The van der Waals surface area contributed by atoms with E-state index < -0.39 is 11.5 Å². The Hall–Kier alpha value is -2.31. The first-order valence-electron chi connectivity index (χ1n) is 7.67. The summed E-state index contributed by atoms with van der Waals surface area (Å²) in [5, 5.41) is -0.0137. The molecule has 124 valence electrons. The van der Waals surface area contributed by atoms with E-state index in [1.807, 2.05) is 12.1 Å². The Bertz CT molecular complexity index is 943. The van der Waals surface area contributed by atoms with Crippen molar-refractivity contribution in [3.63, 3.8) is 0 Å². The zero-order valence-corrected chi connectivity index (χ0v) is 13.5. The molecule has 1 saturated heterocycles. The first-order valence-corrected chi connectivity index (χ1v) is 8.05. The molecule has 0 radical (unpaired) electrons. The molecule has 1 aromatic heterocycles. The number of nitrogens with zero attached hydrogens (tertiary/aromatic N) is 2. The summed E-state index contributed by atoms with van der Waals surface area (Å²) < 4.78 is 21.0. The number of halogens is 2. The number of rotatable bonds is 2. The second-order valence-corrected chi connectivity index (χ2v) is 6.05. The van der Waals surface area contributed by atoms with Gasteiger partial charge >= 0.3 is 5.69 Å². The quantitative estimate of drug-likeness (QED) is 0.775. The average molecular weight is 348 g/mol. The lowest BCUT2D eigenvalue weighted by Gasteiger charge is -2.28. The van der Waals surface area contributed by atoms with Crippen LogP contribution in [0.15, 0.2) is 41.2 Å². The van der Waals surface area contributed by atoms with Gasteiger partial charge in [0.05, 0.1) is 29.4 Å².